The standard InChI is InChI=1S/C12H14BrNO2/c1-2-9(4-3-5-12(15)16)10-6-11(13)8-14-7-10/h4,6-8H,2-3,5H2,1H3,(H,15,16). The first-order valence-electron chi connectivity index (χ1n) is 5.15. The zero-order valence-electron chi connectivity index (χ0n) is 9.11. The molecule has 1 rings (SSSR count). The van der Waals surface area contributed by atoms with Gasteiger partial charge in [-0.3, -0.25) is 9.78 Å². The van der Waals surface area contributed by atoms with Gasteiger partial charge in [-0.25, -0.2) is 0 Å². The van der Waals surface area contributed by atoms with Crippen molar-refractivity contribution in [2.75, 3.05) is 0 Å². The highest BCUT2D eigenvalue weighted by Gasteiger charge is 2.01. The Bertz CT molecular complexity index is 402. The summed E-state index contributed by atoms with van der Waals surface area (Å²) in [5.74, 6) is -0.765. The minimum Gasteiger partial charge on any atom is -0.481 e. The van der Waals surface area contributed by atoms with E-state index in [2.05, 4.69) is 20.9 Å². The molecule has 0 atom stereocenters. The third-order valence-corrected chi connectivity index (χ3v) is 2.64. The minimum atomic E-state index is -0.765. The van der Waals surface area contributed by atoms with E-state index in [-0.39, 0.29) is 6.42 Å². The SMILES string of the molecule is CCC(=CCCC(=O)O)c1cncc(Br)c1. The molecule has 0 amide bonds. The minimum absolute atomic E-state index is 0.172. The average molecular weight is 284 g/mol. The molecule has 16 heavy (non-hydrogen) atoms. The molecule has 0 saturated carbocycles. The highest BCUT2D eigenvalue weighted by molar-refractivity contribution is 9.10. The van der Waals surface area contributed by atoms with Gasteiger partial charge in [0.2, 0.25) is 0 Å². The number of halogens is 1. The molecule has 0 aliphatic heterocycles. The number of aliphatic carboxylic acids is 1. The number of rotatable bonds is 5. The number of hydrogen-bond donors (Lipinski definition) is 1. The van der Waals surface area contributed by atoms with Crippen molar-refractivity contribution in [2.24, 2.45) is 0 Å². The van der Waals surface area contributed by atoms with Crippen molar-refractivity contribution in [1.82, 2.24) is 4.98 Å². The van der Waals surface area contributed by atoms with Crippen LogP contribution in [-0.4, -0.2) is 16.1 Å². The third kappa shape index (κ3) is 4.14. The van der Waals surface area contributed by atoms with Gasteiger partial charge in [-0.05, 0) is 46.0 Å². The van der Waals surface area contributed by atoms with Gasteiger partial charge in [-0.1, -0.05) is 13.0 Å². The van der Waals surface area contributed by atoms with E-state index >= 15 is 0 Å². The molecule has 3 nitrogen and oxygen atoms in total. The van der Waals surface area contributed by atoms with Crippen molar-refractivity contribution in [2.45, 2.75) is 26.2 Å². The number of carboxylic acids is 1. The first kappa shape index (κ1) is 12.9. The molecular weight excluding hydrogens is 270 g/mol. The van der Waals surface area contributed by atoms with E-state index in [1.54, 1.807) is 12.4 Å². The zero-order valence-corrected chi connectivity index (χ0v) is 10.7. The monoisotopic (exact) mass is 283 g/mol. The smallest absolute Gasteiger partial charge is 0.303 e. The highest BCUT2D eigenvalue weighted by atomic mass is 79.9. The van der Waals surface area contributed by atoms with Gasteiger partial charge < -0.3 is 5.11 Å². The predicted octanol–water partition coefficient (Wildman–Crippen LogP) is 3.50. The number of nitrogens with zero attached hydrogens (tertiary/aromatic N) is 1. The number of carboxylic acid groups (broad SMARTS) is 1. The third-order valence-electron chi connectivity index (χ3n) is 2.21. The van der Waals surface area contributed by atoms with E-state index in [0.29, 0.717) is 6.42 Å². The molecule has 0 unspecified atom stereocenters. The number of pyridine rings is 1. The molecule has 0 spiro atoms. The number of carbonyl (C=O) groups is 1. The molecule has 86 valence electrons. The van der Waals surface area contributed by atoms with Gasteiger partial charge in [0.05, 0.1) is 0 Å². The number of aromatic nitrogens is 1. The van der Waals surface area contributed by atoms with E-state index in [4.69, 9.17) is 5.11 Å². The molecule has 1 N–H and O–H groups in total. The lowest BCUT2D eigenvalue weighted by Gasteiger charge is -2.04. The molecule has 4 heteroatoms. The first-order valence-corrected chi connectivity index (χ1v) is 5.94. The van der Waals surface area contributed by atoms with Crippen LogP contribution in [0.4, 0.5) is 0 Å². The zero-order chi connectivity index (χ0) is 12.0. The van der Waals surface area contributed by atoms with Gasteiger partial charge >= 0.3 is 5.97 Å². The molecule has 1 aromatic rings. The quantitative estimate of drug-likeness (QED) is 0.900. The predicted molar refractivity (Wildman–Crippen MR) is 67.1 cm³/mol. The summed E-state index contributed by atoms with van der Waals surface area (Å²) in [7, 11) is 0. The molecular formula is C12H14BrNO2. The Kier molecular flexibility index (Phi) is 5.19. The van der Waals surface area contributed by atoms with Crippen LogP contribution in [0.2, 0.25) is 0 Å². The van der Waals surface area contributed by atoms with Gasteiger partial charge in [0, 0.05) is 23.3 Å². The first-order chi connectivity index (χ1) is 7.63. The van der Waals surface area contributed by atoms with Crippen molar-refractivity contribution in [3.63, 3.8) is 0 Å². The van der Waals surface area contributed by atoms with Crippen LogP contribution in [0.25, 0.3) is 5.57 Å². The Morgan fingerprint density at radius 1 is 1.56 bits per heavy atom. The van der Waals surface area contributed by atoms with E-state index < -0.39 is 5.97 Å². The Labute approximate surface area is 103 Å². The summed E-state index contributed by atoms with van der Waals surface area (Å²) in [6.45, 7) is 2.05. The molecule has 0 saturated heterocycles. The van der Waals surface area contributed by atoms with Gasteiger partial charge in [0.1, 0.15) is 0 Å². The lowest BCUT2D eigenvalue weighted by atomic mass is 10.0. The van der Waals surface area contributed by atoms with Crippen molar-refractivity contribution >= 4 is 27.5 Å². The molecule has 1 heterocycles. The Balaban J connectivity index is 2.77. The Morgan fingerprint density at radius 3 is 2.88 bits per heavy atom. The lowest BCUT2D eigenvalue weighted by molar-refractivity contribution is -0.136. The molecule has 0 bridgehead atoms. The van der Waals surface area contributed by atoms with Gasteiger partial charge in [-0.2, -0.15) is 0 Å². The second kappa shape index (κ2) is 6.43. The maximum Gasteiger partial charge on any atom is 0.303 e. The summed E-state index contributed by atoms with van der Waals surface area (Å²) in [5.41, 5.74) is 2.18. The van der Waals surface area contributed by atoms with Crippen LogP contribution in [0, 0.1) is 0 Å². The maximum absolute atomic E-state index is 10.4. The van der Waals surface area contributed by atoms with E-state index in [9.17, 15) is 4.79 Å². The number of allylic oxidation sites excluding steroid dienone is 2. The lowest BCUT2D eigenvalue weighted by Crippen LogP contribution is -1.93. The average Bonchev–Trinajstić information content (AvgIpc) is 2.24. The topological polar surface area (TPSA) is 50.2 Å². The van der Waals surface area contributed by atoms with Gasteiger partial charge in [-0.15, -0.1) is 0 Å². The van der Waals surface area contributed by atoms with Crippen molar-refractivity contribution in [3.8, 4) is 0 Å². The van der Waals surface area contributed by atoms with Crippen molar-refractivity contribution in [1.29, 1.82) is 0 Å². The van der Waals surface area contributed by atoms with E-state index in [0.717, 1.165) is 22.0 Å². The van der Waals surface area contributed by atoms with Crippen LogP contribution in [0.5, 0.6) is 0 Å². The Morgan fingerprint density at radius 2 is 2.31 bits per heavy atom. The number of hydrogen-bond acceptors (Lipinski definition) is 2. The molecule has 1 aromatic heterocycles. The summed E-state index contributed by atoms with van der Waals surface area (Å²) < 4.78 is 0.933. The molecule has 0 aromatic carbocycles. The van der Waals surface area contributed by atoms with Crippen molar-refractivity contribution in [3.05, 3.63) is 34.6 Å². The van der Waals surface area contributed by atoms with Gasteiger partial charge in [0.15, 0.2) is 0 Å². The summed E-state index contributed by atoms with van der Waals surface area (Å²) in [5, 5.41) is 8.56. The van der Waals surface area contributed by atoms with E-state index in [1.165, 1.54) is 0 Å². The van der Waals surface area contributed by atoms with Crippen LogP contribution >= 0.6 is 15.9 Å². The molecule has 0 aliphatic carbocycles. The normalized spacial score (nSPS) is 11.5. The largest absolute Gasteiger partial charge is 0.481 e. The summed E-state index contributed by atoms with van der Waals surface area (Å²) in [6.07, 6.45) is 7.10. The van der Waals surface area contributed by atoms with Crippen molar-refractivity contribution < 1.29 is 9.90 Å². The summed E-state index contributed by atoms with van der Waals surface area (Å²) in [4.78, 5) is 14.5. The Hall–Kier alpha value is -1.16. The van der Waals surface area contributed by atoms with Crippen LogP contribution < -0.4 is 0 Å². The fourth-order valence-electron chi connectivity index (χ4n) is 1.42. The second-order valence-electron chi connectivity index (χ2n) is 3.41. The second-order valence-corrected chi connectivity index (χ2v) is 4.32. The summed E-state index contributed by atoms with van der Waals surface area (Å²) in [6, 6.07) is 1.99. The molecule has 0 radical (unpaired) electrons. The fourth-order valence-corrected chi connectivity index (χ4v) is 1.79. The fraction of sp³-hybridized carbons (Fsp3) is 0.333. The molecule has 0 fully saturated rings. The maximum atomic E-state index is 10.4. The summed E-state index contributed by atoms with van der Waals surface area (Å²) >= 11 is 3.37. The van der Waals surface area contributed by atoms with Crippen LogP contribution in [0.1, 0.15) is 31.7 Å². The highest BCUT2D eigenvalue weighted by Crippen LogP contribution is 2.21. The van der Waals surface area contributed by atoms with Crippen LogP contribution in [0.15, 0.2) is 29.0 Å². The van der Waals surface area contributed by atoms with E-state index in [1.807, 2.05) is 19.1 Å². The van der Waals surface area contributed by atoms with Gasteiger partial charge in [0.25, 0.3) is 0 Å². The molecule has 0 aliphatic rings. The van der Waals surface area contributed by atoms with Crippen LogP contribution in [0.3, 0.4) is 0 Å². The van der Waals surface area contributed by atoms with Crippen LogP contribution in [-0.2, 0) is 4.79 Å².